The van der Waals surface area contributed by atoms with Crippen LogP contribution in [-0.2, 0) is 6.37 Å². The molecule has 4 heteroatoms. The summed E-state index contributed by atoms with van der Waals surface area (Å²) in [5.74, 6) is 0. The third kappa shape index (κ3) is 2.47. The summed E-state index contributed by atoms with van der Waals surface area (Å²) in [5, 5.41) is 18.1. The summed E-state index contributed by atoms with van der Waals surface area (Å²) < 4.78 is 37.2. The second kappa shape index (κ2) is 4.25. The summed E-state index contributed by atoms with van der Waals surface area (Å²) in [6, 6.07) is 3.97. The number of aryl methyl sites for hydroxylation is 1. The third-order valence-electron chi connectivity index (χ3n) is 1.36. The zero-order chi connectivity index (χ0) is 13.4. The minimum atomic E-state index is -2.81. The summed E-state index contributed by atoms with van der Waals surface area (Å²) in [5.41, 5.74) is -0.0208. The fraction of sp³-hybridized carbons (Fsp3) is 0.250. The van der Waals surface area contributed by atoms with Crippen LogP contribution in [0, 0.1) is 3.57 Å². The number of rotatable bonds is 2. The molecule has 0 bridgehead atoms. The average Bonchev–Trinajstić information content (AvgIpc) is 2.14. The summed E-state index contributed by atoms with van der Waals surface area (Å²) in [4.78, 5) is 0. The first-order valence-corrected chi connectivity index (χ1v) is 4.30. The fourth-order valence-corrected chi connectivity index (χ4v) is 1.53. The van der Waals surface area contributed by atoms with E-state index in [0.717, 1.165) is 6.07 Å². The molecule has 1 aromatic rings. The Labute approximate surface area is 92.9 Å². The standard InChI is InChI=1S/C8H10BIO2/c1-2-6-3-7(9(11)12)5-8(10)4-6/h3-5,11-12H,2H2,1H3/i1D3,2D2. The van der Waals surface area contributed by atoms with Gasteiger partial charge in [-0.15, -0.1) is 0 Å². The van der Waals surface area contributed by atoms with E-state index in [9.17, 15) is 0 Å². The minimum Gasteiger partial charge on any atom is -0.423 e. The first kappa shape index (κ1) is 4.98. The quantitative estimate of drug-likeness (QED) is 0.613. The van der Waals surface area contributed by atoms with Gasteiger partial charge in [0.25, 0.3) is 0 Å². The smallest absolute Gasteiger partial charge is 0.423 e. The van der Waals surface area contributed by atoms with E-state index in [0.29, 0.717) is 3.57 Å². The second-order valence-corrected chi connectivity index (χ2v) is 3.52. The molecule has 0 unspecified atom stereocenters. The molecule has 0 aliphatic heterocycles. The lowest BCUT2D eigenvalue weighted by atomic mass is 9.79. The number of hydrogen-bond donors (Lipinski definition) is 2. The van der Waals surface area contributed by atoms with Crippen LogP contribution < -0.4 is 5.46 Å². The molecule has 0 saturated heterocycles. The van der Waals surface area contributed by atoms with Crippen LogP contribution in [0.25, 0.3) is 0 Å². The van der Waals surface area contributed by atoms with Gasteiger partial charge in [0.2, 0.25) is 0 Å². The van der Waals surface area contributed by atoms with Gasteiger partial charge in [-0.05, 0) is 52.1 Å². The van der Waals surface area contributed by atoms with E-state index in [1.165, 1.54) is 12.1 Å². The van der Waals surface area contributed by atoms with Crippen LogP contribution in [-0.4, -0.2) is 17.2 Å². The van der Waals surface area contributed by atoms with Crippen molar-refractivity contribution in [3.05, 3.63) is 27.3 Å². The van der Waals surface area contributed by atoms with E-state index in [-0.39, 0.29) is 11.0 Å². The van der Waals surface area contributed by atoms with Crippen molar-refractivity contribution in [2.75, 3.05) is 0 Å². The van der Waals surface area contributed by atoms with Crippen molar-refractivity contribution in [2.45, 2.75) is 13.2 Å². The molecule has 0 amide bonds. The molecule has 1 rings (SSSR count). The molecule has 0 radical (unpaired) electrons. The lowest BCUT2D eigenvalue weighted by molar-refractivity contribution is 0.425. The van der Waals surface area contributed by atoms with Crippen molar-refractivity contribution < 1.29 is 16.9 Å². The van der Waals surface area contributed by atoms with Crippen LogP contribution in [0.4, 0.5) is 0 Å². The zero-order valence-electron chi connectivity index (χ0n) is 11.1. The Bertz CT molecular complexity index is 421. The van der Waals surface area contributed by atoms with Gasteiger partial charge in [-0.2, -0.15) is 0 Å². The molecule has 0 atom stereocenters. The van der Waals surface area contributed by atoms with E-state index >= 15 is 0 Å². The Kier molecular flexibility index (Phi) is 1.76. The van der Waals surface area contributed by atoms with Gasteiger partial charge in [0, 0.05) is 10.4 Å². The highest BCUT2D eigenvalue weighted by Gasteiger charge is 2.11. The summed E-state index contributed by atoms with van der Waals surface area (Å²) in [7, 11) is -1.75. The van der Waals surface area contributed by atoms with Gasteiger partial charge in [-0.25, -0.2) is 0 Å². The third-order valence-corrected chi connectivity index (χ3v) is 1.99. The number of hydrogen-bond acceptors (Lipinski definition) is 2. The van der Waals surface area contributed by atoms with E-state index in [1.54, 1.807) is 0 Å². The van der Waals surface area contributed by atoms with E-state index in [4.69, 9.17) is 16.9 Å². The van der Waals surface area contributed by atoms with Crippen LogP contribution in [0.15, 0.2) is 18.2 Å². The fourth-order valence-electron chi connectivity index (χ4n) is 0.834. The van der Waals surface area contributed by atoms with E-state index in [2.05, 4.69) is 0 Å². The summed E-state index contributed by atoms with van der Waals surface area (Å²) in [6.45, 7) is -2.81. The Morgan fingerprint density at radius 1 is 1.58 bits per heavy atom. The first-order valence-electron chi connectivity index (χ1n) is 5.73. The van der Waals surface area contributed by atoms with Crippen LogP contribution >= 0.6 is 22.6 Å². The zero-order valence-corrected chi connectivity index (χ0v) is 8.24. The molecule has 0 heterocycles. The second-order valence-electron chi connectivity index (χ2n) is 2.27. The van der Waals surface area contributed by atoms with Gasteiger partial charge >= 0.3 is 7.12 Å². The van der Waals surface area contributed by atoms with Crippen molar-refractivity contribution in [3.63, 3.8) is 0 Å². The molecule has 2 N–H and O–H groups in total. The monoisotopic (exact) mass is 281 g/mol. The van der Waals surface area contributed by atoms with Crippen LogP contribution in [0.3, 0.4) is 0 Å². The molecule has 0 aliphatic rings. The minimum absolute atomic E-state index is 0.0695. The lowest BCUT2D eigenvalue weighted by Gasteiger charge is -2.03. The van der Waals surface area contributed by atoms with Crippen molar-refractivity contribution in [2.24, 2.45) is 0 Å². The van der Waals surface area contributed by atoms with E-state index < -0.39 is 20.3 Å². The van der Waals surface area contributed by atoms with Crippen LogP contribution in [0.5, 0.6) is 0 Å². The van der Waals surface area contributed by atoms with Gasteiger partial charge in [-0.3, -0.25) is 0 Å². The van der Waals surface area contributed by atoms with Gasteiger partial charge in [-0.1, -0.05) is 12.9 Å². The maximum Gasteiger partial charge on any atom is 0.488 e. The number of benzene rings is 1. The Morgan fingerprint density at radius 2 is 2.33 bits per heavy atom. The predicted octanol–water partition coefficient (Wildman–Crippen LogP) is 0.533. The molecule has 0 aromatic heterocycles. The van der Waals surface area contributed by atoms with Crippen molar-refractivity contribution in [1.29, 1.82) is 0 Å². The van der Waals surface area contributed by atoms with Gasteiger partial charge < -0.3 is 10.0 Å². The lowest BCUT2D eigenvalue weighted by Crippen LogP contribution is -2.30. The van der Waals surface area contributed by atoms with Crippen molar-refractivity contribution in [1.82, 2.24) is 0 Å². The molecule has 0 spiro atoms. The van der Waals surface area contributed by atoms with E-state index in [1.807, 2.05) is 22.6 Å². The van der Waals surface area contributed by atoms with Crippen molar-refractivity contribution >= 4 is 35.2 Å². The van der Waals surface area contributed by atoms with Gasteiger partial charge in [0.15, 0.2) is 0 Å². The molecule has 2 nitrogen and oxygen atoms in total. The molecular weight excluding hydrogens is 266 g/mol. The Balaban J connectivity index is 3.32. The molecule has 0 fully saturated rings. The van der Waals surface area contributed by atoms with Crippen LogP contribution in [0.1, 0.15) is 19.3 Å². The van der Waals surface area contributed by atoms with Crippen molar-refractivity contribution in [3.8, 4) is 0 Å². The van der Waals surface area contributed by atoms with Crippen LogP contribution in [0.2, 0.25) is 0 Å². The largest absolute Gasteiger partial charge is 0.488 e. The molecule has 1 aromatic carbocycles. The summed E-state index contributed by atoms with van der Waals surface area (Å²) >= 11 is 1.86. The highest BCUT2D eigenvalue weighted by atomic mass is 127. The Hall–Kier alpha value is -0.0651. The van der Waals surface area contributed by atoms with Gasteiger partial charge in [0.05, 0.1) is 0 Å². The Morgan fingerprint density at radius 3 is 2.92 bits per heavy atom. The molecule has 0 saturated carbocycles. The molecule has 64 valence electrons. The highest BCUT2D eigenvalue weighted by Crippen LogP contribution is 2.06. The predicted molar refractivity (Wildman–Crippen MR) is 58.4 cm³/mol. The maximum absolute atomic E-state index is 9.03. The SMILES string of the molecule is [2H]C([2H])([2H])C([2H])([2H])c1cc(I)cc(B(O)O)c1. The molecule has 12 heavy (non-hydrogen) atoms. The highest BCUT2D eigenvalue weighted by molar-refractivity contribution is 14.1. The topological polar surface area (TPSA) is 40.5 Å². The normalized spacial score (nSPS) is 18.4. The summed E-state index contributed by atoms with van der Waals surface area (Å²) in [6.07, 6.45) is -2.53. The molecular formula is C8H10BIO2. The number of halogens is 1. The maximum atomic E-state index is 9.03. The average molecular weight is 281 g/mol. The first-order chi connectivity index (χ1) is 7.55. The molecule has 0 aliphatic carbocycles. The van der Waals surface area contributed by atoms with Gasteiger partial charge in [0.1, 0.15) is 0 Å².